The van der Waals surface area contributed by atoms with Crippen molar-refractivity contribution in [3.63, 3.8) is 0 Å². The number of methoxy groups -OCH3 is 1. The van der Waals surface area contributed by atoms with Crippen molar-refractivity contribution in [3.05, 3.63) is 28.9 Å². The molecular weight excluding hydrogens is 324 g/mol. The lowest BCUT2D eigenvalue weighted by Crippen LogP contribution is -2.10. The van der Waals surface area contributed by atoms with Gasteiger partial charge in [0.15, 0.2) is 0 Å². The molecule has 0 spiro atoms. The number of aromatic nitrogens is 1. The maximum atomic E-state index is 5.95. The van der Waals surface area contributed by atoms with Crippen LogP contribution in [0.4, 0.5) is 5.69 Å². The topological polar surface area (TPSA) is 66.6 Å². The zero-order valence-corrected chi connectivity index (χ0v) is 12.9. The van der Waals surface area contributed by atoms with Crippen molar-refractivity contribution < 1.29 is 14.2 Å². The number of pyridine rings is 1. The van der Waals surface area contributed by atoms with E-state index in [2.05, 4.69) is 20.9 Å². The number of ether oxygens (including phenoxy) is 3. The van der Waals surface area contributed by atoms with Crippen LogP contribution in [0.3, 0.4) is 0 Å². The van der Waals surface area contributed by atoms with Gasteiger partial charge < -0.3 is 19.9 Å². The number of fused-ring (bicyclic) bond motifs is 1. The predicted octanol–water partition coefficient (Wildman–Crippen LogP) is 2.62. The minimum Gasteiger partial charge on any atom is -0.489 e. The standard InChI is InChI=1S/C14H17BrN2O3/c1-18-4-5-19-6-7-20-13-3-2-12(16)11-8-10(15)9-17-14(11)13/h2-3,8-9H,4-7,16H2,1H3. The molecule has 1 aromatic carbocycles. The molecule has 2 rings (SSSR count). The summed E-state index contributed by atoms with van der Waals surface area (Å²) in [6.45, 7) is 2.11. The van der Waals surface area contributed by atoms with Gasteiger partial charge in [0.1, 0.15) is 17.9 Å². The number of nitrogen functional groups attached to an aromatic ring is 1. The summed E-state index contributed by atoms with van der Waals surface area (Å²) in [7, 11) is 1.64. The first-order valence-corrected chi connectivity index (χ1v) is 7.05. The van der Waals surface area contributed by atoms with Gasteiger partial charge in [-0.25, -0.2) is 0 Å². The van der Waals surface area contributed by atoms with Crippen LogP contribution in [0.2, 0.25) is 0 Å². The number of hydrogen-bond donors (Lipinski definition) is 1. The molecule has 6 heteroatoms. The SMILES string of the molecule is COCCOCCOc1ccc(N)c2cc(Br)cnc12. The van der Waals surface area contributed by atoms with Crippen molar-refractivity contribution in [2.75, 3.05) is 39.3 Å². The van der Waals surface area contributed by atoms with Gasteiger partial charge in [-0.3, -0.25) is 4.98 Å². The van der Waals surface area contributed by atoms with Crippen LogP contribution >= 0.6 is 15.9 Å². The molecule has 0 saturated carbocycles. The van der Waals surface area contributed by atoms with Gasteiger partial charge in [-0.2, -0.15) is 0 Å². The van der Waals surface area contributed by atoms with E-state index in [1.54, 1.807) is 13.3 Å². The van der Waals surface area contributed by atoms with Crippen LogP contribution in [0.5, 0.6) is 5.75 Å². The predicted molar refractivity (Wildman–Crippen MR) is 82.0 cm³/mol. The third-order valence-electron chi connectivity index (χ3n) is 2.73. The molecule has 0 radical (unpaired) electrons. The number of benzene rings is 1. The van der Waals surface area contributed by atoms with Crippen LogP contribution in [0.15, 0.2) is 28.9 Å². The molecular formula is C14H17BrN2O3. The molecule has 0 aliphatic heterocycles. The van der Waals surface area contributed by atoms with Gasteiger partial charge >= 0.3 is 0 Å². The molecule has 0 saturated heterocycles. The Balaban J connectivity index is 2.02. The molecule has 2 N–H and O–H groups in total. The van der Waals surface area contributed by atoms with E-state index in [1.165, 1.54) is 0 Å². The van der Waals surface area contributed by atoms with E-state index >= 15 is 0 Å². The first-order valence-electron chi connectivity index (χ1n) is 6.25. The van der Waals surface area contributed by atoms with Gasteiger partial charge in [0, 0.05) is 28.9 Å². The van der Waals surface area contributed by atoms with Crippen LogP contribution < -0.4 is 10.5 Å². The Kier molecular flexibility index (Phi) is 5.58. The first kappa shape index (κ1) is 15.0. The maximum absolute atomic E-state index is 5.95. The van der Waals surface area contributed by atoms with E-state index in [1.807, 2.05) is 18.2 Å². The Hall–Kier alpha value is -1.37. The molecule has 0 aliphatic carbocycles. The largest absolute Gasteiger partial charge is 0.489 e. The average Bonchev–Trinajstić information content (AvgIpc) is 2.45. The van der Waals surface area contributed by atoms with Gasteiger partial charge in [-0.15, -0.1) is 0 Å². The number of nitrogens with two attached hydrogens (primary N) is 1. The van der Waals surface area contributed by atoms with E-state index in [0.29, 0.717) is 37.9 Å². The summed E-state index contributed by atoms with van der Waals surface area (Å²) < 4.78 is 16.8. The third kappa shape index (κ3) is 3.82. The third-order valence-corrected chi connectivity index (χ3v) is 3.16. The summed E-state index contributed by atoms with van der Waals surface area (Å²) in [6, 6.07) is 5.57. The van der Waals surface area contributed by atoms with Gasteiger partial charge in [0.25, 0.3) is 0 Å². The fraction of sp³-hybridized carbons (Fsp3) is 0.357. The highest BCUT2D eigenvalue weighted by Gasteiger charge is 2.07. The van der Waals surface area contributed by atoms with Gasteiger partial charge in [0.2, 0.25) is 0 Å². The van der Waals surface area contributed by atoms with Crippen LogP contribution in [-0.4, -0.2) is 38.5 Å². The van der Waals surface area contributed by atoms with Crippen molar-refractivity contribution in [2.45, 2.75) is 0 Å². The van der Waals surface area contributed by atoms with E-state index in [9.17, 15) is 0 Å². The monoisotopic (exact) mass is 340 g/mol. The zero-order chi connectivity index (χ0) is 14.4. The van der Waals surface area contributed by atoms with Gasteiger partial charge in [0.05, 0.1) is 19.8 Å². The number of halogens is 1. The molecule has 0 unspecified atom stereocenters. The molecule has 5 nitrogen and oxygen atoms in total. The fourth-order valence-electron chi connectivity index (χ4n) is 1.76. The Labute approximate surface area is 126 Å². The smallest absolute Gasteiger partial charge is 0.145 e. The molecule has 0 atom stereocenters. The molecule has 0 aliphatic rings. The van der Waals surface area contributed by atoms with E-state index < -0.39 is 0 Å². The second-order valence-corrected chi connectivity index (χ2v) is 5.07. The second kappa shape index (κ2) is 7.42. The minimum absolute atomic E-state index is 0.459. The molecule has 1 aromatic heterocycles. The quantitative estimate of drug-likeness (QED) is 0.619. The van der Waals surface area contributed by atoms with Crippen molar-refractivity contribution in [1.29, 1.82) is 0 Å². The highest BCUT2D eigenvalue weighted by Crippen LogP contribution is 2.30. The second-order valence-electron chi connectivity index (χ2n) is 4.16. The molecule has 108 valence electrons. The van der Waals surface area contributed by atoms with Crippen molar-refractivity contribution in [1.82, 2.24) is 4.98 Å². The Bertz CT molecular complexity index is 578. The highest BCUT2D eigenvalue weighted by atomic mass is 79.9. The Morgan fingerprint density at radius 3 is 2.80 bits per heavy atom. The van der Waals surface area contributed by atoms with Crippen molar-refractivity contribution in [3.8, 4) is 5.75 Å². The molecule has 1 heterocycles. The first-order chi connectivity index (χ1) is 9.72. The van der Waals surface area contributed by atoms with Crippen LogP contribution in [0.25, 0.3) is 10.9 Å². The zero-order valence-electron chi connectivity index (χ0n) is 11.3. The highest BCUT2D eigenvalue weighted by molar-refractivity contribution is 9.10. The lowest BCUT2D eigenvalue weighted by atomic mass is 10.2. The van der Waals surface area contributed by atoms with E-state index in [-0.39, 0.29) is 0 Å². The van der Waals surface area contributed by atoms with E-state index in [4.69, 9.17) is 19.9 Å². The molecule has 0 fully saturated rings. The van der Waals surface area contributed by atoms with Crippen molar-refractivity contribution >= 4 is 32.5 Å². The van der Waals surface area contributed by atoms with Gasteiger partial charge in [-0.05, 0) is 34.1 Å². The fourth-order valence-corrected chi connectivity index (χ4v) is 2.09. The summed E-state index contributed by atoms with van der Waals surface area (Å²) in [5.41, 5.74) is 7.38. The van der Waals surface area contributed by atoms with E-state index in [0.717, 1.165) is 15.4 Å². The summed E-state index contributed by atoms with van der Waals surface area (Å²) >= 11 is 3.39. The molecule has 2 aromatic rings. The number of nitrogens with zero attached hydrogens (tertiary/aromatic N) is 1. The molecule has 0 bridgehead atoms. The summed E-state index contributed by atoms with van der Waals surface area (Å²) in [6.07, 6.45) is 1.73. The maximum Gasteiger partial charge on any atom is 0.145 e. The molecule has 0 amide bonds. The Morgan fingerprint density at radius 1 is 1.20 bits per heavy atom. The van der Waals surface area contributed by atoms with Gasteiger partial charge in [-0.1, -0.05) is 0 Å². The number of rotatable bonds is 7. The summed E-state index contributed by atoms with van der Waals surface area (Å²) in [5, 5.41) is 0.872. The number of hydrogen-bond acceptors (Lipinski definition) is 5. The van der Waals surface area contributed by atoms with Crippen LogP contribution in [-0.2, 0) is 9.47 Å². The summed E-state index contributed by atoms with van der Waals surface area (Å²) in [5.74, 6) is 0.706. The normalized spacial score (nSPS) is 10.9. The lowest BCUT2D eigenvalue weighted by Gasteiger charge is -2.10. The lowest BCUT2D eigenvalue weighted by molar-refractivity contribution is 0.0546. The van der Waals surface area contributed by atoms with Crippen LogP contribution in [0, 0.1) is 0 Å². The molecule has 20 heavy (non-hydrogen) atoms. The Morgan fingerprint density at radius 2 is 2.00 bits per heavy atom. The van der Waals surface area contributed by atoms with Crippen LogP contribution in [0.1, 0.15) is 0 Å². The summed E-state index contributed by atoms with van der Waals surface area (Å²) in [4.78, 5) is 4.36. The minimum atomic E-state index is 0.459. The number of anilines is 1. The average molecular weight is 341 g/mol. The van der Waals surface area contributed by atoms with Crippen molar-refractivity contribution in [2.24, 2.45) is 0 Å².